The van der Waals surface area contributed by atoms with E-state index in [0.717, 1.165) is 23.1 Å². The largest absolute Gasteiger partial charge is 0.416 e. The molecular formula is C13H15F3N4S. The second-order valence-corrected chi connectivity index (χ2v) is 5.61. The van der Waals surface area contributed by atoms with Gasteiger partial charge in [-0.15, -0.1) is 10.2 Å². The van der Waals surface area contributed by atoms with Crippen molar-refractivity contribution in [1.29, 1.82) is 0 Å². The molecular weight excluding hydrogens is 301 g/mol. The summed E-state index contributed by atoms with van der Waals surface area (Å²) in [6.45, 7) is 1.84. The van der Waals surface area contributed by atoms with Gasteiger partial charge in [0.15, 0.2) is 5.16 Å². The molecule has 0 spiro atoms. The van der Waals surface area contributed by atoms with Crippen molar-refractivity contribution in [2.24, 2.45) is 12.8 Å². The zero-order chi connectivity index (χ0) is 15.6. The summed E-state index contributed by atoms with van der Waals surface area (Å²) < 4.78 is 39.3. The Morgan fingerprint density at radius 3 is 2.33 bits per heavy atom. The molecule has 0 aliphatic rings. The summed E-state index contributed by atoms with van der Waals surface area (Å²) in [7, 11) is 1.85. The van der Waals surface area contributed by atoms with Gasteiger partial charge in [0, 0.05) is 18.8 Å². The average molecular weight is 316 g/mol. The Morgan fingerprint density at radius 2 is 1.86 bits per heavy atom. The SMILES string of the molecule is Cc1nnc(SCC(N)c2ccc(C(F)(F)F)cc2)n1C. The lowest BCUT2D eigenvalue weighted by Gasteiger charge is -2.13. The molecule has 0 aliphatic carbocycles. The highest BCUT2D eigenvalue weighted by molar-refractivity contribution is 7.99. The van der Waals surface area contributed by atoms with Crippen LogP contribution < -0.4 is 5.73 Å². The number of benzene rings is 1. The number of hydrogen-bond donors (Lipinski definition) is 1. The molecule has 0 amide bonds. The number of nitrogens with zero attached hydrogens (tertiary/aromatic N) is 3. The average Bonchev–Trinajstić information content (AvgIpc) is 2.75. The van der Waals surface area contributed by atoms with Crippen LogP contribution in [0.25, 0.3) is 0 Å². The van der Waals surface area contributed by atoms with Gasteiger partial charge in [-0.1, -0.05) is 23.9 Å². The van der Waals surface area contributed by atoms with E-state index in [-0.39, 0.29) is 6.04 Å². The van der Waals surface area contributed by atoms with E-state index in [0.29, 0.717) is 11.3 Å². The number of alkyl halides is 3. The number of rotatable bonds is 4. The number of thioether (sulfide) groups is 1. The molecule has 0 bridgehead atoms. The summed E-state index contributed by atoms with van der Waals surface area (Å²) in [6, 6.07) is 4.55. The molecule has 4 nitrogen and oxygen atoms in total. The van der Waals surface area contributed by atoms with E-state index in [1.54, 1.807) is 0 Å². The molecule has 2 aromatic rings. The van der Waals surface area contributed by atoms with Crippen molar-refractivity contribution < 1.29 is 13.2 Å². The summed E-state index contributed by atoms with van der Waals surface area (Å²) in [6.07, 6.45) is -4.33. The van der Waals surface area contributed by atoms with Gasteiger partial charge in [0.25, 0.3) is 0 Å². The molecule has 0 saturated carbocycles. The first-order chi connectivity index (χ1) is 9.79. The van der Waals surface area contributed by atoms with Gasteiger partial charge in [0.05, 0.1) is 5.56 Å². The summed E-state index contributed by atoms with van der Waals surface area (Å²) in [4.78, 5) is 0. The molecule has 114 valence electrons. The third-order valence-electron chi connectivity index (χ3n) is 3.11. The van der Waals surface area contributed by atoms with Crippen LogP contribution in [-0.4, -0.2) is 20.5 Å². The van der Waals surface area contributed by atoms with Crippen molar-refractivity contribution in [2.45, 2.75) is 24.3 Å². The highest BCUT2D eigenvalue weighted by Crippen LogP contribution is 2.30. The predicted molar refractivity (Wildman–Crippen MR) is 74.8 cm³/mol. The quantitative estimate of drug-likeness (QED) is 0.881. The zero-order valence-corrected chi connectivity index (χ0v) is 12.4. The summed E-state index contributed by atoms with van der Waals surface area (Å²) in [5.74, 6) is 1.30. The molecule has 0 saturated heterocycles. The van der Waals surface area contributed by atoms with Gasteiger partial charge < -0.3 is 10.3 Å². The van der Waals surface area contributed by atoms with E-state index >= 15 is 0 Å². The van der Waals surface area contributed by atoms with Gasteiger partial charge >= 0.3 is 6.18 Å². The second-order valence-electron chi connectivity index (χ2n) is 4.63. The molecule has 2 N–H and O–H groups in total. The Balaban J connectivity index is 2.00. The lowest BCUT2D eigenvalue weighted by Crippen LogP contribution is -2.14. The maximum atomic E-state index is 12.5. The third kappa shape index (κ3) is 3.76. The van der Waals surface area contributed by atoms with Crippen molar-refractivity contribution in [3.63, 3.8) is 0 Å². The van der Waals surface area contributed by atoms with E-state index in [2.05, 4.69) is 10.2 Å². The van der Waals surface area contributed by atoms with Gasteiger partial charge in [-0.3, -0.25) is 0 Å². The molecule has 1 aromatic carbocycles. The minimum atomic E-state index is -4.33. The smallest absolute Gasteiger partial charge is 0.323 e. The fraction of sp³-hybridized carbons (Fsp3) is 0.385. The van der Waals surface area contributed by atoms with Crippen molar-refractivity contribution in [3.05, 3.63) is 41.2 Å². The topological polar surface area (TPSA) is 56.7 Å². The van der Waals surface area contributed by atoms with Crippen LogP contribution in [0.15, 0.2) is 29.4 Å². The molecule has 2 rings (SSSR count). The van der Waals surface area contributed by atoms with Gasteiger partial charge in [-0.25, -0.2) is 0 Å². The predicted octanol–water partition coefficient (Wildman–Crippen LogP) is 2.93. The van der Waals surface area contributed by atoms with Crippen LogP contribution in [0.5, 0.6) is 0 Å². The number of nitrogens with two attached hydrogens (primary N) is 1. The van der Waals surface area contributed by atoms with Crippen LogP contribution in [0, 0.1) is 6.92 Å². The Kier molecular flexibility index (Phi) is 4.58. The monoisotopic (exact) mass is 316 g/mol. The molecule has 1 heterocycles. The van der Waals surface area contributed by atoms with Crippen molar-refractivity contribution >= 4 is 11.8 Å². The van der Waals surface area contributed by atoms with Crippen LogP contribution >= 0.6 is 11.8 Å². The minimum Gasteiger partial charge on any atom is -0.323 e. The molecule has 8 heteroatoms. The second kappa shape index (κ2) is 6.07. The molecule has 0 aliphatic heterocycles. The number of halogens is 3. The van der Waals surface area contributed by atoms with Gasteiger partial charge in [-0.05, 0) is 24.6 Å². The minimum absolute atomic E-state index is 0.366. The summed E-state index contributed by atoms with van der Waals surface area (Å²) >= 11 is 1.42. The maximum Gasteiger partial charge on any atom is 0.416 e. The van der Waals surface area contributed by atoms with E-state index in [1.165, 1.54) is 23.9 Å². The van der Waals surface area contributed by atoms with E-state index < -0.39 is 11.7 Å². The number of aromatic nitrogens is 3. The van der Waals surface area contributed by atoms with Crippen LogP contribution in [0.4, 0.5) is 13.2 Å². The van der Waals surface area contributed by atoms with E-state index in [4.69, 9.17) is 5.73 Å². The molecule has 0 radical (unpaired) electrons. The Morgan fingerprint density at radius 1 is 1.24 bits per heavy atom. The Labute approximate surface area is 124 Å². The fourth-order valence-electron chi connectivity index (χ4n) is 1.69. The van der Waals surface area contributed by atoms with Crippen LogP contribution in [-0.2, 0) is 13.2 Å². The van der Waals surface area contributed by atoms with Gasteiger partial charge in [-0.2, -0.15) is 13.2 Å². The van der Waals surface area contributed by atoms with Crippen LogP contribution in [0.3, 0.4) is 0 Å². The molecule has 0 fully saturated rings. The summed E-state index contributed by atoms with van der Waals surface area (Å²) in [5.41, 5.74) is 5.99. The first-order valence-electron chi connectivity index (χ1n) is 6.20. The van der Waals surface area contributed by atoms with Crippen molar-refractivity contribution in [1.82, 2.24) is 14.8 Å². The number of hydrogen-bond acceptors (Lipinski definition) is 4. The molecule has 1 atom stereocenters. The van der Waals surface area contributed by atoms with Crippen molar-refractivity contribution in [3.8, 4) is 0 Å². The third-order valence-corrected chi connectivity index (χ3v) is 4.25. The number of aryl methyl sites for hydroxylation is 1. The first-order valence-corrected chi connectivity index (χ1v) is 7.19. The molecule has 21 heavy (non-hydrogen) atoms. The zero-order valence-electron chi connectivity index (χ0n) is 11.6. The highest BCUT2D eigenvalue weighted by atomic mass is 32.2. The fourth-order valence-corrected chi connectivity index (χ4v) is 2.64. The lowest BCUT2D eigenvalue weighted by molar-refractivity contribution is -0.137. The lowest BCUT2D eigenvalue weighted by atomic mass is 10.1. The summed E-state index contributed by atoms with van der Waals surface area (Å²) in [5, 5.41) is 8.66. The van der Waals surface area contributed by atoms with Crippen LogP contribution in [0.1, 0.15) is 23.0 Å². The highest BCUT2D eigenvalue weighted by Gasteiger charge is 2.30. The molecule has 1 aromatic heterocycles. The van der Waals surface area contributed by atoms with E-state index in [9.17, 15) is 13.2 Å². The van der Waals surface area contributed by atoms with E-state index in [1.807, 2.05) is 18.5 Å². The van der Waals surface area contributed by atoms with Crippen molar-refractivity contribution in [2.75, 3.05) is 5.75 Å². The van der Waals surface area contributed by atoms with Gasteiger partial charge in [0.2, 0.25) is 0 Å². The first kappa shape index (κ1) is 15.8. The Hall–Kier alpha value is -1.54. The molecule has 1 unspecified atom stereocenters. The standard InChI is InChI=1S/C13H15F3N4S/c1-8-18-19-12(20(8)2)21-7-11(17)9-3-5-10(6-4-9)13(14,15)16/h3-6,11H,7,17H2,1-2H3. The normalized spacial score (nSPS) is 13.4. The van der Waals surface area contributed by atoms with Gasteiger partial charge in [0.1, 0.15) is 5.82 Å². The Bertz CT molecular complexity index is 607. The van der Waals surface area contributed by atoms with Crippen LogP contribution in [0.2, 0.25) is 0 Å². The maximum absolute atomic E-state index is 12.5.